The molecule has 162 valence electrons. The molecule has 0 heterocycles. The lowest BCUT2D eigenvalue weighted by atomic mass is 9.72. The monoisotopic (exact) mass is 404 g/mol. The molecule has 0 aliphatic heterocycles. The second kappa shape index (κ2) is 8.87. The first-order valence-corrected chi connectivity index (χ1v) is 8.86. The Bertz CT molecular complexity index is 586. The Balaban J connectivity index is 6.17. The fourth-order valence-corrected chi connectivity index (χ4v) is 2.43. The van der Waals surface area contributed by atoms with E-state index in [1.165, 1.54) is 41.5 Å². The maximum Gasteiger partial charge on any atom is 0.339 e. The fourth-order valence-electron chi connectivity index (χ4n) is 2.43. The minimum Gasteiger partial charge on any atom is -0.481 e. The molecule has 28 heavy (non-hydrogen) atoms. The van der Waals surface area contributed by atoms with Crippen LogP contribution >= 0.6 is 0 Å². The van der Waals surface area contributed by atoms with E-state index in [0.29, 0.717) is 0 Å². The van der Waals surface area contributed by atoms with E-state index in [-0.39, 0.29) is 25.7 Å². The van der Waals surface area contributed by atoms with E-state index in [1.807, 2.05) is 0 Å². The Morgan fingerprint density at radius 1 is 0.786 bits per heavy atom. The molecule has 10 nitrogen and oxygen atoms in total. The van der Waals surface area contributed by atoms with Gasteiger partial charge in [0.15, 0.2) is 0 Å². The molecule has 6 N–H and O–H groups in total. The van der Waals surface area contributed by atoms with Crippen LogP contribution in [0.1, 0.15) is 67.2 Å². The van der Waals surface area contributed by atoms with Gasteiger partial charge in [0.05, 0.1) is 0 Å². The summed E-state index contributed by atoms with van der Waals surface area (Å²) in [5, 5.41) is 18.6. The van der Waals surface area contributed by atoms with Crippen molar-refractivity contribution < 1.29 is 38.9 Å². The van der Waals surface area contributed by atoms with Crippen molar-refractivity contribution in [2.75, 3.05) is 0 Å². The largest absolute Gasteiger partial charge is 0.481 e. The van der Waals surface area contributed by atoms with Gasteiger partial charge in [-0.25, -0.2) is 0 Å². The lowest BCUT2D eigenvalue weighted by Gasteiger charge is -2.41. The first-order chi connectivity index (χ1) is 12.4. The Morgan fingerprint density at radius 2 is 1.18 bits per heavy atom. The molecule has 0 aliphatic carbocycles. The van der Waals surface area contributed by atoms with Gasteiger partial charge in [-0.2, -0.15) is 0 Å². The molecular weight excluding hydrogens is 372 g/mol. The van der Waals surface area contributed by atoms with Crippen LogP contribution < -0.4 is 11.5 Å². The number of nitrogens with two attached hydrogens (primary N) is 2. The van der Waals surface area contributed by atoms with Gasteiger partial charge in [0.1, 0.15) is 16.9 Å². The van der Waals surface area contributed by atoms with Crippen molar-refractivity contribution in [3.05, 3.63) is 0 Å². The van der Waals surface area contributed by atoms with Crippen LogP contribution in [0.5, 0.6) is 0 Å². The van der Waals surface area contributed by atoms with E-state index in [9.17, 15) is 24.3 Å². The third kappa shape index (κ3) is 6.75. The Labute approximate surface area is 164 Å². The molecule has 0 aromatic carbocycles. The number of unbranched alkanes of at least 4 members (excludes halogenated alkanes) is 1. The van der Waals surface area contributed by atoms with Crippen LogP contribution in [0.25, 0.3) is 0 Å². The second-order valence-corrected chi connectivity index (χ2v) is 8.70. The van der Waals surface area contributed by atoms with Crippen LogP contribution in [-0.4, -0.2) is 51.0 Å². The van der Waals surface area contributed by atoms with Crippen LogP contribution in [0.3, 0.4) is 0 Å². The van der Waals surface area contributed by atoms with E-state index < -0.39 is 46.2 Å². The standard InChI is InChI=1S/C18H32N2O8/c1-15(2,3)27-13(25)18(12(23)24,14(26)28-16(4,5)6)17(19,20)10-8-7-9-11(21)22/h7-10,19-20H2,1-6H3,(H,21,22)(H,23,24). The molecule has 0 saturated carbocycles. The third-order valence-corrected chi connectivity index (χ3v) is 3.66. The number of carbonyl (C=O) groups excluding carboxylic acids is 2. The number of hydrogen-bond donors (Lipinski definition) is 4. The number of carboxylic acid groups (broad SMARTS) is 2. The molecule has 0 amide bonds. The number of esters is 2. The van der Waals surface area contributed by atoms with Gasteiger partial charge >= 0.3 is 23.9 Å². The zero-order valence-electron chi connectivity index (χ0n) is 17.3. The van der Waals surface area contributed by atoms with E-state index in [0.717, 1.165) is 0 Å². The van der Waals surface area contributed by atoms with Gasteiger partial charge in [-0.15, -0.1) is 0 Å². The highest BCUT2D eigenvalue weighted by molar-refractivity contribution is 6.19. The first kappa shape index (κ1) is 25.8. The van der Waals surface area contributed by atoms with Crippen LogP contribution in [0.2, 0.25) is 0 Å². The first-order valence-electron chi connectivity index (χ1n) is 8.86. The summed E-state index contributed by atoms with van der Waals surface area (Å²) in [5.74, 6) is -5.84. The minimum absolute atomic E-state index is 0.0694. The highest BCUT2D eigenvalue weighted by Gasteiger charge is 2.68. The van der Waals surface area contributed by atoms with Crippen molar-refractivity contribution in [1.29, 1.82) is 0 Å². The van der Waals surface area contributed by atoms with Crippen molar-refractivity contribution in [2.24, 2.45) is 16.9 Å². The Morgan fingerprint density at radius 3 is 1.46 bits per heavy atom. The van der Waals surface area contributed by atoms with Gasteiger partial charge in [-0.3, -0.25) is 19.2 Å². The normalized spacial score (nSPS) is 13.0. The van der Waals surface area contributed by atoms with Crippen molar-refractivity contribution in [3.63, 3.8) is 0 Å². The highest BCUT2D eigenvalue weighted by Crippen LogP contribution is 2.36. The predicted molar refractivity (Wildman–Crippen MR) is 99.0 cm³/mol. The fraction of sp³-hybridized carbons (Fsp3) is 0.778. The number of aliphatic carboxylic acids is 2. The number of hydrogen-bond acceptors (Lipinski definition) is 8. The topological polar surface area (TPSA) is 179 Å². The van der Waals surface area contributed by atoms with Crippen LogP contribution in [-0.2, 0) is 28.7 Å². The maximum absolute atomic E-state index is 12.9. The smallest absolute Gasteiger partial charge is 0.339 e. The molecule has 0 radical (unpaired) electrons. The number of rotatable bonds is 9. The van der Waals surface area contributed by atoms with Crippen LogP contribution in [0.15, 0.2) is 0 Å². The molecule has 0 rings (SSSR count). The summed E-state index contributed by atoms with van der Waals surface area (Å²) >= 11 is 0. The molecule has 0 aromatic rings. The molecule has 0 atom stereocenters. The van der Waals surface area contributed by atoms with Gasteiger partial charge < -0.3 is 31.2 Å². The number of ether oxygens (including phenoxy) is 2. The lowest BCUT2D eigenvalue weighted by molar-refractivity contribution is -0.198. The Hall–Kier alpha value is -2.20. The van der Waals surface area contributed by atoms with E-state index in [1.54, 1.807) is 0 Å². The summed E-state index contributed by atoms with van der Waals surface area (Å²) in [7, 11) is 0. The zero-order chi connectivity index (χ0) is 22.6. The maximum atomic E-state index is 12.9. The van der Waals surface area contributed by atoms with Gasteiger partial charge in [-0.1, -0.05) is 0 Å². The van der Waals surface area contributed by atoms with Crippen molar-refractivity contribution in [3.8, 4) is 0 Å². The molecule has 0 unspecified atom stereocenters. The molecule has 0 saturated heterocycles. The van der Waals surface area contributed by atoms with E-state index in [2.05, 4.69) is 0 Å². The molecular formula is C18H32N2O8. The Kier molecular flexibility index (Phi) is 8.17. The molecule has 0 aliphatic rings. The van der Waals surface area contributed by atoms with Gasteiger partial charge in [0.2, 0.25) is 0 Å². The quantitative estimate of drug-likeness (QED) is 0.187. The van der Waals surface area contributed by atoms with Gasteiger partial charge in [0, 0.05) is 6.42 Å². The molecule has 0 aromatic heterocycles. The van der Waals surface area contributed by atoms with Gasteiger partial charge in [-0.05, 0) is 60.8 Å². The van der Waals surface area contributed by atoms with Crippen molar-refractivity contribution in [1.82, 2.24) is 0 Å². The van der Waals surface area contributed by atoms with Crippen molar-refractivity contribution in [2.45, 2.75) is 84.1 Å². The number of carboxylic acids is 2. The predicted octanol–water partition coefficient (Wildman–Crippen LogP) is 1.000. The third-order valence-electron chi connectivity index (χ3n) is 3.66. The summed E-state index contributed by atoms with van der Waals surface area (Å²) in [5.41, 5.74) is 4.33. The average Bonchev–Trinajstić information content (AvgIpc) is 2.39. The van der Waals surface area contributed by atoms with Crippen LogP contribution in [0, 0.1) is 5.41 Å². The summed E-state index contributed by atoms with van der Waals surface area (Å²) < 4.78 is 10.3. The van der Waals surface area contributed by atoms with Gasteiger partial charge in [0.25, 0.3) is 5.41 Å². The molecule has 0 spiro atoms. The average molecular weight is 404 g/mol. The molecule has 0 bridgehead atoms. The zero-order valence-corrected chi connectivity index (χ0v) is 17.3. The summed E-state index contributed by atoms with van der Waals surface area (Å²) in [6.07, 6.45) is -0.330. The second-order valence-electron chi connectivity index (χ2n) is 8.70. The number of carbonyl (C=O) groups is 4. The van der Waals surface area contributed by atoms with E-state index >= 15 is 0 Å². The summed E-state index contributed by atoms with van der Waals surface area (Å²) in [6, 6.07) is 0. The highest BCUT2D eigenvalue weighted by atomic mass is 16.6. The van der Waals surface area contributed by atoms with Crippen molar-refractivity contribution >= 4 is 23.9 Å². The molecule has 0 fully saturated rings. The minimum atomic E-state index is -3.03. The van der Waals surface area contributed by atoms with E-state index in [4.69, 9.17) is 26.0 Å². The SMILES string of the molecule is CC(C)(C)OC(=O)C(C(=O)O)(C(=O)OC(C)(C)C)C(N)(N)CCCCC(=O)O. The molecule has 10 heteroatoms. The summed E-state index contributed by atoms with van der Waals surface area (Å²) in [6.45, 7) is 8.97. The van der Waals surface area contributed by atoms with Crippen LogP contribution in [0.4, 0.5) is 0 Å². The lowest BCUT2D eigenvalue weighted by Crippen LogP contribution is -2.73. The summed E-state index contributed by atoms with van der Waals surface area (Å²) in [4.78, 5) is 48.6.